The topological polar surface area (TPSA) is 15.6 Å². The van der Waals surface area contributed by atoms with Gasteiger partial charge < -0.3 is 4.90 Å². The molecule has 0 unspecified atom stereocenters. The Morgan fingerprint density at radius 1 is 1.23 bits per heavy atom. The number of hydrogen-bond donors (Lipinski definition) is 0. The van der Waals surface area contributed by atoms with Crippen LogP contribution in [-0.4, -0.2) is 16.8 Å². The van der Waals surface area contributed by atoms with E-state index >= 15 is 0 Å². The second-order valence-corrected chi connectivity index (χ2v) is 6.40. The maximum Gasteiger partial charge on any atom is 0.416 e. The fourth-order valence-electron chi connectivity index (χ4n) is 2.41. The van der Waals surface area contributed by atoms with E-state index in [4.69, 9.17) is 0 Å². The Morgan fingerprint density at radius 3 is 2.31 bits per heavy atom. The summed E-state index contributed by atoms with van der Waals surface area (Å²) in [7, 11) is 0. The molecule has 0 N–H and O–H groups in total. The lowest BCUT2D eigenvalue weighted by Gasteiger charge is -2.26. The van der Waals surface area contributed by atoms with Gasteiger partial charge in [0.05, 0.1) is 11.8 Å². The molecule has 0 heterocycles. The van der Waals surface area contributed by atoms with Crippen LogP contribution >= 0.6 is 0 Å². The summed E-state index contributed by atoms with van der Waals surface area (Å²) in [5.41, 5.74) is 3.27. The summed E-state index contributed by atoms with van der Waals surface area (Å²) in [5, 5.41) is 0. The van der Waals surface area contributed by atoms with E-state index in [0.29, 0.717) is 17.7 Å². The summed E-state index contributed by atoms with van der Waals surface area (Å²) in [6, 6.07) is 5.10. The number of aliphatic imine (C=N–C) groups is 1. The largest absolute Gasteiger partial charge is 0.416 e. The SMILES string of the molecule is CC=C=C/N=C(\C(F)=C(C)C)N(Cc1ccc(C(F)(F)F)cc1)C1CC1. The van der Waals surface area contributed by atoms with Gasteiger partial charge in [-0.3, -0.25) is 0 Å². The quantitative estimate of drug-likeness (QED) is 0.269. The van der Waals surface area contributed by atoms with Gasteiger partial charge in [-0.05, 0) is 63.0 Å². The molecule has 1 aromatic rings. The summed E-state index contributed by atoms with van der Waals surface area (Å²) >= 11 is 0. The molecule has 1 saturated carbocycles. The van der Waals surface area contributed by atoms with Gasteiger partial charge in [0.2, 0.25) is 0 Å². The van der Waals surface area contributed by atoms with Crippen molar-refractivity contribution in [2.75, 3.05) is 0 Å². The zero-order valence-electron chi connectivity index (χ0n) is 15.1. The third-order valence-electron chi connectivity index (χ3n) is 3.96. The van der Waals surface area contributed by atoms with Crippen molar-refractivity contribution in [2.45, 2.75) is 52.4 Å². The number of alkyl halides is 3. The number of nitrogens with zero attached hydrogens (tertiary/aromatic N) is 2. The molecule has 0 saturated heterocycles. The second-order valence-electron chi connectivity index (χ2n) is 6.40. The molecule has 2 rings (SSSR count). The molecule has 0 spiro atoms. The van der Waals surface area contributed by atoms with E-state index in [1.165, 1.54) is 18.3 Å². The molecule has 0 aliphatic heterocycles. The normalized spacial score (nSPS) is 14.5. The van der Waals surface area contributed by atoms with Crippen molar-refractivity contribution < 1.29 is 17.6 Å². The van der Waals surface area contributed by atoms with Crippen LogP contribution in [0.3, 0.4) is 0 Å². The summed E-state index contributed by atoms with van der Waals surface area (Å²) in [6.07, 6.45) is 0.512. The van der Waals surface area contributed by atoms with Crippen LogP contribution in [0.4, 0.5) is 17.6 Å². The molecule has 6 heteroatoms. The molecule has 1 fully saturated rings. The van der Waals surface area contributed by atoms with Crippen molar-refractivity contribution in [1.82, 2.24) is 4.90 Å². The molecule has 2 nitrogen and oxygen atoms in total. The highest BCUT2D eigenvalue weighted by Gasteiger charge is 2.34. The minimum Gasteiger partial charge on any atom is -0.347 e. The van der Waals surface area contributed by atoms with E-state index in [9.17, 15) is 17.6 Å². The maximum absolute atomic E-state index is 14.7. The first-order valence-corrected chi connectivity index (χ1v) is 8.43. The Hall–Kier alpha value is -2.33. The predicted molar refractivity (Wildman–Crippen MR) is 95.3 cm³/mol. The van der Waals surface area contributed by atoms with Gasteiger partial charge in [0.15, 0.2) is 11.7 Å². The van der Waals surface area contributed by atoms with E-state index in [-0.39, 0.29) is 11.9 Å². The first kappa shape index (κ1) is 20.0. The number of benzene rings is 1. The lowest BCUT2D eigenvalue weighted by Crippen LogP contribution is -2.33. The van der Waals surface area contributed by atoms with Crippen molar-refractivity contribution in [2.24, 2.45) is 4.99 Å². The number of rotatable bonds is 5. The van der Waals surface area contributed by atoms with Crippen LogP contribution in [0, 0.1) is 0 Å². The van der Waals surface area contributed by atoms with E-state index in [1.807, 2.05) is 4.90 Å². The minimum absolute atomic E-state index is 0.139. The van der Waals surface area contributed by atoms with Crippen molar-refractivity contribution >= 4 is 5.84 Å². The van der Waals surface area contributed by atoms with Crippen molar-refractivity contribution in [3.05, 3.63) is 64.8 Å². The smallest absolute Gasteiger partial charge is 0.347 e. The monoisotopic (exact) mass is 366 g/mol. The average Bonchev–Trinajstić information content (AvgIpc) is 3.41. The third kappa shape index (κ3) is 5.33. The van der Waals surface area contributed by atoms with Gasteiger partial charge in [0, 0.05) is 12.6 Å². The van der Waals surface area contributed by atoms with Crippen LogP contribution in [-0.2, 0) is 12.7 Å². The highest BCUT2D eigenvalue weighted by molar-refractivity contribution is 5.97. The summed E-state index contributed by atoms with van der Waals surface area (Å²) < 4.78 is 52.8. The van der Waals surface area contributed by atoms with Crippen LogP contribution in [0.25, 0.3) is 0 Å². The molecular weight excluding hydrogens is 344 g/mol. The number of allylic oxidation sites excluding steroid dienone is 2. The van der Waals surface area contributed by atoms with Crippen LogP contribution in [0.5, 0.6) is 0 Å². The van der Waals surface area contributed by atoms with Crippen molar-refractivity contribution in [3.8, 4) is 0 Å². The summed E-state index contributed by atoms with van der Waals surface area (Å²) in [5.74, 6) is -0.222. The molecule has 1 aliphatic rings. The van der Waals surface area contributed by atoms with E-state index in [2.05, 4.69) is 10.7 Å². The van der Waals surface area contributed by atoms with E-state index in [1.54, 1.807) is 26.8 Å². The molecule has 0 radical (unpaired) electrons. The Bertz CT molecular complexity index is 743. The zero-order valence-corrected chi connectivity index (χ0v) is 15.1. The van der Waals surface area contributed by atoms with Crippen LogP contribution in [0.1, 0.15) is 44.7 Å². The molecule has 0 amide bonds. The molecule has 1 aliphatic carbocycles. The molecule has 1 aromatic carbocycles. The van der Waals surface area contributed by atoms with Crippen molar-refractivity contribution in [1.29, 1.82) is 0 Å². The molecule has 0 bridgehead atoms. The highest BCUT2D eigenvalue weighted by Crippen LogP contribution is 2.32. The predicted octanol–water partition coefficient (Wildman–Crippen LogP) is 6.02. The Labute approximate surface area is 151 Å². The molecular formula is C20H22F4N2. The Morgan fingerprint density at radius 2 is 1.85 bits per heavy atom. The van der Waals surface area contributed by atoms with Gasteiger partial charge in [-0.2, -0.15) is 13.2 Å². The van der Waals surface area contributed by atoms with E-state index < -0.39 is 17.6 Å². The highest BCUT2D eigenvalue weighted by atomic mass is 19.4. The second kappa shape index (κ2) is 8.37. The van der Waals surface area contributed by atoms with Gasteiger partial charge in [-0.1, -0.05) is 12.1 Å². The maximum atomic E-state index is 14.7. The standard InChI is InChI=1S/C20H22F4N2/c1-4-5-12-25-19(18(21)14(2)3)26(17-10-11-17)13-15-6-8-16(9-7-15)20(22,23)24/h4,6-9,12,17H,10-11,13H2,1-3H3/b25-19+. The third-order valence-corrected chi connectivity index (χ3v) is 3.96. The lowest BCUT2D eigenvalue weighted by molar-refractivity contribution is -0.137. The van der Waals surface area contributed by atoms with E-state index in [0.717, 1.165) is 25.0 Å². The van der Waals surface area contributed by atoms with Crippen molar-refractivity contribution in [3.63, 3.8) is 0 Å². The zero-order chi connectivity index (χ0) is 19.3. The van der Waals surface area contributed by atoms with Crippen LogP contribution in [0.2, 0.25) is 0 Å². The number of hydrogen-bond acceptors (Lipinski definition) is 1. The Balaban J connectivity index is 2.33. The summed E-state index contributed by atoms with van der Waals surface area (Å²) in [4.78, 5) is 6.03. The Kier molecular flexibility index (Phi) is 6.43. The lowest BCUT2D eigenvalue weighted by atomic mass is 10.1. The van der Waals surface area contributed by atoms with Crippen LogP contribution in [0.15, 0.2) is 58.7 Å². The summed E-state index contributed by atoms with van der Waals surface area (Å²) in [6.45, 7) is 5.40. The van der Waals surface area contributed by atoms with Gasteiger partial charge in [0.25, 0.3) is 0 Å². The number of amidine groups is 1. The number of halogens is 4. The molecule has 0 atom stereocenters. The first-order chi connectivity index (χ1) is 12.2. The van der Waals surface area contributed by atoms with Gasteiger partial charge in [-0.25, -0.2) is 9.38 Å². The molecule has 26 heavy (non-hydrogen) atoms. The van der Waals surface area contributed by atoms with Gasteiger partial charge in [-0.15, -0.1) is 5.73 Å². The molecule has 140 valence electrons. The minimum atomic E-state index is -4.37. The van der Waals surface area contributed by atoms with Gasteiger partial charge in [0.1, 0.15) is 0 Å². The molecule has 0 aromatic heterocycles. The van der Waals surface area contributed by atoms with Gasteiger partial charge >= 0.3 is 6.18 Å². The first-order valence-electron chi connectivity index (χ1n) is 8.43. The average molecular weight is 366 g/mol. The fraction of sp³-hybridized carbons (Fsp3) is 0.400. The van der Waals surface area contributed by atoms with Crippen LogP contribution < -0.4 is 0 Å². The fourth-order valence-corrected chi connectivity index (χ4v) is 2.41.